The van der Waals surface area contributed by atoms with Gasteiger partial charge in [-0.2, -0.15) is 13.2 Å². The number of hydrogen-bond acceptors (Lipinski definition) is 4. The first-order valence-electron chi connectivity index (χ1n) is 6.54. The molecule has 0 radical (unpaired) electrons. The molecule has 22 heavy (non-hydrogen) atoms. The Morgan fingerprint density at radius 1 is 1.45 bits per heavy atom. The van der Waals surface area contributed by atoms with Crippen molar-refractivity contribution in [2.75, 3.05) is 13.8 Å². The molecule has 8 heteroatoms. The maximum atomic E-state index is 12.9. The molecule has 3 atom stereocenters. The lowest BCUT2D eigenvalue weighted by Crippen LogP contribution is -2.38. The number of ether oxygens (including phenoxy) is 2. The van der Waals surface area contributed by atoms with E-state index in [-0.39, 0.29) is 17.9 Å². The summed E-state index contributed by atoms with van der Waals surface area (Å²) in [5, 5.41) is 9.68. The highest BCUT2D eigenvalue weighted by Crippen LogP contribution is 2.30. The average Bonchev–Trinajstić information content (AvgIpc) is 2.47. The zero-order valence-electron chi connectivity index (χ0n) is 11.7. The molecule has 1 aliphatic rings. The van der Waals surface area contributed by atoms with Gasteiger partial charge in [-0.1, -0.05) is 6.07 Å². The Labute approximate surface area is 124 Å². The van der Waals surface area contributed by atoms with E-state index in [0.717, 1.165) is 12.1 Å². The van der Waals surface area contributed by atoms with Crippen LogP contribution in [0.5, 0.6) is 0 Å². The molecular formula is C14H15F4NO3. The Morgan fingerprint density at radius 2 is 2.18 bits per heavy atom. The fourth-order valence-electron chi connectivity index (χ4n) is 2.15. The van der Waals surface area contributed by atoms with Crippen LogP contribution in [0.1, 0.15) is 17.5 Å². The smallest absolute Gasteiger partial charge is 0.416 e. The number of benzene rings is 1. The number of alkyl halides is 4. The number of nitrogens with zero attached hydrogens (tertiary/aromatic N) is 1. The van der Waals surface area contributed by atoms with Crippen molar-refractivity contribution >= 4 is 5.90 Å². The monoisotopic (exact) mass is 321 g/mol. The van der Waals surface area contributed by atoms with Crippen molar-refractivity contribution in [2.24, 2.45) is 4.99 Å². The summed E-state index contributed by atoms with van der Waals surface area (Å²) in [6, 6.07) is 3.64. The molecule has 1 N–H and O–H groups in total. The topological polar surface area (TPSA) is 51.0 Å². The predicted octanol–water partition coefficient (Wildman–Crippen LogP) is 2.54. The minimum absolute atomic E-state index is 0.00485. The van der Waals surface area contributed by atoms with E-state index >= 15 is 0 Å². The molecule has 1 heterocycles. The Balaban J connectivity index is 2.34. The van der Waals surface area contributed by atoms with Crippen LogP contribution in [0.25, 0.3) is 0 Å². The number of methoxy groups -OCH3 is 1. The van der Waals surface area contributed by atoms with Crippen molar-refractivity contribution in [1.29, 1.82) is 0 Å². The third-order valence-corrected chi connectivity index (χ3v) is 3.29. The number of aliphatic hydroxyl groups excluding tert-OH is 1. The molecule has 1 aliphatic heterocycles. The summed E-state index contributed by atoms with van der Waals surface area (Å²) in [7, 11) is 1.30. The molecule has 3 unspecified atom stereocenters. The SMILES string of the molecule is COC(CF)C1CC(O)OC(c2cccc(C(F)(F)F)c2)=N1. The van der Waals surface area contributed by atoms with Crippen LogP contribution in [-0.2, 0) is 15.7 Å². The number of aliphatic imine (C=N–C) groups is 1. The van der Waals surface area contributed by atoms with Crippen molar-refractivity contribution < 1.29 is 32.1 Å². The molecule has 1 aromatic rings. The number of halogens is 4. The molecule has 0 amide bonds. The molecule has 0 saturated heterocycles. The Morgan fingerprint density at radius 3 is 2.77 bits per heavy atom. The van der Waals surface area contributed by atoms with Crippen LogP contribution in [0, 0.1) is 0 Å². The summed E-state index contributed by atoms with van der Waals surface area (Å²) in [4.78, 5) is 4.07. The zero-order valence-corrected chi connectivity index (χ0v) is 11.7. The molecule has 4 nitrogen and oxygen atoms in total. The molecule has 2 rings (SSSR count). The minimum atomic E-state index is -4.50. The second kappa shape index (κ2) is 6.62. The Bertz CT molecular complexity index is 543. The third kappa shape index (κ3) is 3.75. The lowest BCUT2D eigenvalue weighted by Gasteiger charge is -2.29. The number of rotatable bonds is 4. The minimum Gasteiger partial charge on any atom is -0.448 e. The molecule has 1 aromatic carbocycles. The lowest BCUT2D eigenvalue weighted by atomic mass is 10.1. The van der Waals surface area contributed by atoms with Crippen molar-refractivity contribution in [3.05, 3.63) is 35.4 Å². The molecule has 0 aliphatic carbocycles. The first-order chi connectivity index (χ1) is 10.3. The van der Waals surface area contributed by atoms with Gasteiger partial charge in [0.15, 0.2) is 0 Å². The van der Waals surface area contributed by atoms with Crippen LogP contribution in [0.15, 0.2) is 29.3 Å². The third-order valence-electron chi connectivity index (χ3n) is 3.29. The van der Waals surface area contributed by atoms with E-state index in [1.54, 1.807) is 0 Å². The molecule has 0 bridgehead atoms. The fraction of sp³-hybridized carbons (Fsp3) is 0.500. The van der Waals surface area contributed by atoms with Gasteiger partial charge in [0, 0.05) is 19.1 Å². The fourth-order valence-corrected chi connectivity index (χ4v) is 2.15. The van der Waals surface area contributed by atoms with Gasteiger partial charge in [-0.25, -0.2) is 9.38 Å². The first-order valence-corrected chi connectivity index (χ1v) is 6.54. The van der Waals surface area contributed by atoms with Crippen LogP contribution in [0.4, 0.5) is 17.6 Å². The van der Waals surface area contributed by atoms with Gasteiger partial charge in [0.1, 0.15) is 12.8 Å². The molecule has 0 fully saturated rings. The largest absolute Gasteiger partial charge is 0.448 e. The van der Waals surface area contributed by atoms with Gasteiger partial charge in [0.2, 0.25) is 12.2 Å². The summed E-state index contributed by atoms with van der Waals surface area (Å²) in [5.74, 6) is -0.162. The number of hydrogen-bond donors (Lipinski definition) is 1. The van der Waals surface area contributed by atoms with Crippen molar-refractivity contribution in [3.63, 3.8) is 0 Å². The van der Waals surface area contributed by atoms with Crippen molar-refractivity contribution in [3.8, 4) is 0 Å². The highest BCUT2D eigenvalue weighted by molar-refractivity contribution is 5.94. The number of aliphatic hydroxyl groups is 1. The van der Waals surface area contributed by atoms with E-state index in [4.69, 9.17) is 9.47 Å². The summed E-state index contributed by atoms with van der Waals surface area (Å²) < 4.78 is 61.0. The second-order valence-corrected chi connectivity index (χ2v) is 4.82. The summed E-state index contributed by atoms with van der Waals surface area (Å²) >= 11 is 0. The highest BCUT2D eigenvalue weighted by Gasteiger charge is 2.33. The van der Waals surface area contributed by atoms with Gasteiger partial charge in [0.05, 0.1) is 11.6 Å². The zero-order chi connectivity index (χ0) is 16.3. The van der Waals surface area contributed by atoms with E-state index in [0.29, 0.717) is 0 Å². The molecule has 0 saturated carbocycles. The highest BCUT2D eigenvalue weighted by atomic mass is 19.4. The first kappa shape index (κ1) is 16.7. The quantitative estimate of drug-likeness (QED) is 0.867. The molecule has 0 aromatic heterocycles. The van der Waals surface area contributed by atoms with Crippen LogP contribution >= 0.6 is 0 Å². The van der Waals surface area contributed by atoms with Crippen LogP contribution < -0.4 is 0 Å². The standard InChI is InChI=1S/C14H15F4NO3/c1-21-11(7-15)10-6-12(20)22-13(19-10)8-3-2-4-9(5-8)14(16,17)18/h2-5,10-12,20H,6-7H2,1H3. The van der Waals surface area contributed by atoms with Crippen LogP contribution in [0.2, 0.25) is 0 Å². The van der Waals surface area contributed by atoms with E-state index in [9.17, 15) is 22.7 Å². The summed E-state index contributed by atoms with van der Waals surface area (Å²) in [5.41, 5.74) is -0.797. The Kier molecular flexibility index (Phi) is 5.02. The lowest BCUT2D eigenvalue weighted by molar-refractivity contribution is -0.137. The van der Waals surface area contributed by atoms with E-state index in [1.807, 2.05) is 0 Å². The predicted molar refractivity (Wildman–Crippen MR) is 70.2 cm³/mol. The maximum Gasteiger partial charge on any atom is 0.416 e. The summed E-state index contributed by atoms with van der Waals surface area (Å²) in [6.07, 6.45) is -6.67. The summed E-state index contributed by atoms with van der Waals surface area (Å²) in [6.45, 7) is -0.826. The van der Waals surface area contributed by atoms with Gasteiger partial charge < -0.3 is 14.6 Å². The van der Waals surface area contributed by atoms with Gasteiger partial charge in [-0.15, -0.1) is 0 Å². The Hall–Kier alpha value is -1.67. The van der Waals surface area contributed by atoms with Crippen LogP contribution in [0.3, 0.4) is 0 Å². The maximum absolute atomic E-state index is 12.9. The molecule has 0 spiro atoms. The van der Waals surface area contributed by atoms with E-state index in [1.165, 1.54) is 19.2 Å². The molecular weight excluding hydrogens is 306 g/mol. The van der Waals surface area contributed by atoms with Crippen LogP contribution in [-0.4, -0.2) is 43.2 Å². The van der Waals surface area contributed by atoms with Gasteiger partial charge in [-0.05, 0) is 18.2 Å². The van der Waals surface area contributed by atoms with Gasteiger partial charge in [0.25, 0.3) is 0 Å². The van der Waals surface area contributed by atoms with Crippen molar-refractivity contribution in [2.45, 2.75) is 31.0 Å². The van der Waals surface area contributed by atoms with Crippen molar-refractivity contribution in [1.82, 2.24) is 0 Å². The molecule has 122 valence electrons. The van der Waals surface area contributed by atoms with Gasteiger partial charge in [-0.3, -0.25) is 0 Å². The van der Waals surface area contributed by atoms with E-state index in [2.05, 4.69) is 4.99 Å². The van der Waals surface area contributed by atoms with Gasteiger partial charge >= 0.3 is 6.18 Å². The second-order valence-electron chi connectivity index (χ2n) is 4.82. The normalized spacial score (nSPS) is 23.6. The van der Waals surface area contributed by atoms with E-state index < -0.39 is 36.9 Å². The average molecular weight is 321 g/mol.